The van der Waals surface area contributed by atoms with Crippen LogP contribution < -0.4 is 16.4 Å². The largest absolute Gasteiger partial charge is 0.353 e. The van der Waals surface area contributed by atoms with Crippen LogP contribution in [0.25, 0.3) is 11.0 Å². The summed E-state index contributed by atoms with van der Waals surface area (Å²) < 4.78 is 25.5. The summed E-state index contributed by atoms with van der Waals surface area (Å²) in [6.45, 7) is 1.61. The lowest BCUT2D eigenvalue weighted by Crippen LogP contribution is -2.35. The Kier molecular flexibility index (Phi) is 6.02. The van der Waals surface area contributed by atoms with Gasteiger partial charge in [-0.25, -0.2) is 8.42 Å². The summed E-state index contributed by atoms with van der Waals surface area (Å²) in [6.07, 6.45) is 6.28. The topological polar surface area (TPSA) is 129 Å². The van der Waals surface area contributed by atoms with Crippen molar-refractivity contribution in [3.8, 4) is 0 Å². The van der Waals surface area contributed by atoms with Crippen LogP contribution in [0.2, 0.25) is 0 Å². The van der Waals surface area contributed by atoms with Crippen LogP contribution in [0, 0.1) is 6.92 Å². The SMILES string of the molecule is Cc1cc2[nH]c(=O)c(=O)[nH]c2cc1S(=O)(=O)CCC(=O)NC1CCCCCC1. The number of sulfone groups is 1. The first-order chi connectivity index (χ1) is 13.3. The van der Waals surface area contributed by atoms with Gasteiger partial charge in [-0.3, -0.25) is 14.4 Å². The standard InChI is InChI=1S/C19H25N3O5S/c1-12-10-14-15(22-19(25)18(24)21-14)11-16(12)28(26,27)9-8-17(23)20-13-6-4-2-3-5-7-13/h10-11,13H,2-9H2,1H3,(H,20,23)(H,21,24)(H,22,25). The molecule has 0 radical (unpaired) electrons. The highest BCUT2D eigenvalue weighted by Gasteiger charge is 2.21. The summed E-state index contributed by atoms with van der Waals surface area (Å²) in [4.78, 5) is 40.0. The van der Waals surface area contributed by atoms with Gasteiger partial charge in [-0.15, -0.1) is 0 Å². The third-order valence-electron chi connectivity index (χ3n) is 5.17. The van der Waals surface area contributed by atoms with Gasteiger partial charge in [-0.2, -0.15) is 0 Å². The third-order valence-corrected chi connectivity index (χ3v) is 7.02. The Labute approximate surface area is 162 Å². The molecule has 1 heterocycles. The molecule has 2 aromatic rings. The van der Waals surface area contributed by atoms with Crippen LogP contribution in [0.5, 0.6) is 0 Å². The van der Waals surface area contributed by atoms with E-state index in [2.05, 4.69) is 15.3 Å². The monoisotopic (exact) mass is 407 g/mol. The predicted molar refractivity (Wildman–Crippen MR) is 106 cm³/mol. The number of benzene rings is 1. The number of carbonyl (C=O) groups is 1. The summed E-state index contributed by atoms with van der Waals surface area (Å²) in [7, 11) is -3.72. The van der Waals surface area contributed by atoms with Crippen molar-refractivity contribution in [1.82, 2.24) is 15.3 Å². The molecule has 0 bridgehead atoms. The molecule has 0 spiro atoms. The number of aromatic amines is 2. The van der Waals surface area contributed by atoms with E-state index in [9.17, 15) is 22.8 Å². The van der Waals surface area contributed by atoms with Crippen molar-refractivity contribution in [2.75, 3.05) is 5.75 Å². The second kappa shape index (κ2) is 8.30. The molecular weight excluding hydrogens is 382 g/mol. The Morgan fingerprint density at radius 3 is 2.21 bits per heavy atom. The van der Waals surface area contributed by atoms with Crippen LogP contribution in [0.15, 0.2) is 26.6 Å². The molecule has 1 aliphatic carbocycles. The van der Waals surface area contributed by atoms with Gasteiger partial charge in [-0.05, 0) is 37.5 Å². The first-order valence-corrected chi connectivity index (χ1v) is 11.2. The first-order valence-electron chi connectivity index (χ1n) is 9.55. The number of hydrogen-bond donors (Lipinski definition) is 3. The zero-order chi connectivity index (χ0) is 20.3. The fourth-order valence-electron chi connectivity index (χ4n) is 3.65. The summed E-state index contributed by atoms with van der Waals surface area (Å²) in [5.74, 6) is -0.572. The number of fused-ring (bicyclic) bond motifs is 1. The number of nitrogens with one attached hydrogen (secondary N) is 3. The molecule has 0 unspecified atom stereocenters. The lowest BCUT2D eigenvalue weighted by atomic mass is 10.1. The molecule has 1 aromatic carbocycles. The molecule has 0 atom stereocenters. The number of amides is 1. The van der Waals surface area contributed by atoms with Crippen LogP contribution in [0.3, 0.4) is 0 Å². The highest BCUT2D eigenvalue weighted by molar-refractivity contribution is 7.91. The zero-order valence-corrected chi connectivity index (χ0v) is 16.7. The van der Waals surface area contributed by atoms with E-state index >= 15 is 0 Å². The van der Waals surface area contributed by atoms with Crippen LogP contribution in [-0.2, 0) is 14.6 Å². The Hall–Kier alpha value is -2.42. The number of aryl methyl sites for hydroxylation is 1. The van der Waals surface area contributed by atoms with E-state index in [-0.39, 0.29) is 34.5 Å². The van der Waals surface area contributed by atoms with Crippen molar-refractivity contribution in [3.05, 3.63) is 38.4 Å². The van der Waals surface area contributed by atoms with Gasteiger partial charge < -0.3 is 15.3 Å². The first kappa shape index (κ1) is 20.3. The fraction of sp³-hybridized carbons (Fsp3) is 0.526. The molecule has 9 heteroatoms. The van der Waals surface area contributed by atoms with Crippen molar-refractivity contribution in [3.63, 3.8) is 0 Å². The molecule has 0 saturated heterocycles. The predicted octanol–water partition coefficient (Wildman–Crippen LogP) is 1.53. The van der Waals surface area contributed by atoms with Gasteiger partial charge in [0.2, 0.25) is 5.91 Å². The quantitative estimate of drug-likeness (QED) is 0.511. The second-order valence-corrected chi connectivity index (χ2v) is 9.47. The molecule has 0 aliphatic heterocycles. The van der Waals surface area contributed by atoms with E-state index in [1.165, 1.54) is 25.0 Å². The van der Waals surface area contributed by atoms with Gasteiger partial charge in [0.15, 0.2) is 9.84 Å². The summed E-state index contributed by atoms with van der Waals surface area (Å²) >= 11 is 0. The number of aromatic nitrogens is 2. The van der Waals surface area contributed by atoms with Gasteiger partial charge in [0.1, 0.15) is 0 Å². The van der Waals surface area contributed by atoms with Crippen molar-refractivity contribution in [2.45, 2.75) is 62.8 Å². The Balaban J connectivity index is 1.74. The minimum absolute atomic E-state index is 0.0463. The highest BCUT2D eigenvalue weighted by atomic mass is 32.2. The molecule has 1 aliphatic rings. The average Bonchev–Trinajstić information content (AvgIpc) is 2.89. The fourth-order valence-corrected chi connectivity index (χ4v) is 5.17. The minimum atomic E-state index is -3.72. The van der Waals surface area contributed by atoms with Crippen molar-refractivity contribution < 1.29 is 13.2 Å². The van der Waals surface area contributed by atoms with E-state index in [4.69, 9.17) is 0 Å². The van der Waals surface area contributed by atoms with E-state index in [1.807, 2.05) is 0 Å². The van der Waals surface area contributed by atoms with Crippen LogP contribution in [-0.4, -0.2) is 36.1 Å². The maximum Gasteiger partial charge on any atom is 0.314 e. The molecular formula is C19H25N3O5S. The van der Waals surface area contributed by atoms with Crippen molar-refractivity contribution in [2.24, 2.45) is 0 Å². The maximum absolute atomic E-state index is 12.8. The minimum Gasteiger partial charge on any atom is -0.353 e. The van der Waals surface area contributed by atoms with E-state index < -0.39 is 21.0 Å². The maximum atomic E-state index is 12.8. The number of rotatable bonds is 5. The average molecular weight is 407 g/mol. The van der Waals surface area contributed by atoms with Crippen molar-refractivity contribution in [1.29, 1.82) is 0 Å². The Morgan fingerprint density at radius 1 is 1.04 bits per heavy atom. The van der Waals surface area contributed by atoms with Crippen LogP contribution >= 0.6 is 0 Å². The Morgan fingerprint density at radius 2 is 1.61 bits per heavy atom. The van der Waals surface area contributed by atoms with E-state index in [1.54, 1.807) is 6.92 Å². The lowest BCUT2D eigenvalue weighted by molar-refractivity contribution is -0.121. The van der Waals surface area contributed by atoms with E-state index in [0.29, 0.717) is 11.1 Å². The normalized spacial score (nSPS) is 16.0. The molecule has 152 valence electrons. The molecule has 3 N–H and O–H groups in total. The molecule has 8 nitrogen and oxygen atoms in total. The summed E-state index contributed by atoms with van der Waals surface area (Å²) in [5.41, 5.74) is -0.608. The van der Waals surface area contributed by atoms with Gasteiger partial charge in [-0.1, -0.05) is 25.7 Å². The summed E-state index contributed by atoms with van der Waals surface area (Å²) in [6, 6.07) is 2.97. The number of carbonyl (C=O) groups excluding carboxylic acids is 1. The lowest BCUT2D eigenvalue weighted by Gasteiger charge is -2.16. The third kappa shape index (κ3) is 4.70. The van der Waals surface area contributed by atoms with Gasteiger partial charge in [0, 0.05) is 12.5 Å². The van der Waals surface area contributed by atoms with E-state index in [0.717, 1.165) is 25.7 Å². The van der Waals surface area contributed by atoms with Gasteiger partial charge >= 0.3 is 11.1 Å². The second-order valence-electron chi connectivity index (χ2n) is 7.40. The molecule has 1 saturated carbocycles. The molecule has 1 fully saturated rings. The molecule has 28 heavy (non-hydrogen) atoms. The van der Waals surface area contributed by atoms with Crippen LogP contribution in [0.1, 0.15) is 50.5 Å². The van der Waals surface area contributed by atoms with Gasteiger partial charge in [0.25, 0.3) is 0 Å². The highest BCUT2D eigenvalue weighted by Crippen LogP contribution is 2.22. The van der Waals surface area contributed by atoms with Gasteiger partial charge in [0.05, 0.1) is 21.7 Å². The molecule has 1 aromatic heterocycles. The molecule has 3 rings (SSSR count). The number of H-pyrrole nitrogens is 2. The van der Waals surface area contributed by atoms with Crippen LogP contribution in [0.4, 0.5) is 0 Å². The Bertz CT molecular complexity index is 1090. The smallest absolute Gasteiger partial charge is 0.314 e. The summed E-state index contributed by atoms with van der Waals surface area (Å²) in [5, 5.41) is 2.95. The zero-order valence-electron chi connectivity index (χ0n) is 15.8. The van der Waals surface area contributed by atoms with Crippen molar-refractivity contribution >= 4 is 26.8 Å². The molecule has 1 amide bonds. The number of hydrogen-bond acceptors (Lipinski definition) is 5.